The van der Waals surface area contributed by atoms with E-state index < -0.39 is 5.60 Å². The third-order valence-electron chi connectivity index (χ3n) is 2.65. The number of benzene rings is 1. The summed E-state index contributed by atoms with van der Waals surface area (Å²) in [6.45, 7) is 1.97. The van der Waals surface area contributed by atoms with Crippen molar-refractivity contribution in [2.75, 3.05) is 27.7 Å². The predicted octanol–water partition coefficient (Wildman–Crippen LogP) is 1.51. The van der Waals surface area contributed by atoms with Gasteiger partial charge in [-0.25, -0.2) is 4.79 Å². The highest BCUT2D eigenvalue weighted by molar-refractivity contribution is 5.73. The van der Waals surface area contributed by atoms with Gasteiger partial charge in [0.25, 0.3) is 0 Å². The molecule has 94 valence electrons. The molecule has 1 atom stereocenters. The molecular formula is C13H20N2O2. The lowest BCUT2D eigenvalue weighted by Crippen LogP contribution is -2.44. The van der Waals surface area contributed by atoms with E-state index >= 15 is 0 Å². The van der Waals surface area contributed by atoms with Crippen LogP contribution in [-0.2, 0) is 5.60 Å². The molecule has 0 radical (unpaired) electrons. The number of hydrogen-bond acceptors (Lipinski definition) is 2. The standard InChI is InChI=1S/C13H20N2O2/c1-13(17,11-8-6-5-7-9-11)10-15(4)12(16)14(2)3/h5-9,17H,10H2,1-4H3. The van der Waals surface area contributed by atoms with Crippen molar-refractivity contribution in [3.8, 4) is 0 Å². The molecule has 0 aliphatic rings. The number of carbonyl (C=O) groups is 1. The highest BCUT2D eigenvalue weighted by Crippen LogP contribution is 2.21. The Hall–Kier alpha value is -1.55. The summed E-state index contributed by atoms with van der Waals surface area (Å²) >= 11 is 0. The first-order valence-electron chi connectivity index (χ1n) is 5.55. The first-order chi connectivity index (χ1) is 7.84. The number of nitrogens with zero attached hydrogens (tertiary/aromatic N) is 2. The average Bonchev–Trinajstić information content (AvgIpc) is 2.28. The number of rotatable bonds is 3. The Morgan fingerprint density at radius 3 is 2.24 bits per heavy atom. The molecule has 17 heavy (non-hydrogen) atoms. The van der Waals surface area contributed by atoms with Gasteiger partial charge in [-0.1, -0.05) is 30.3 Å². The quantitative estimate of drug-likeness (QED) is 0.864. The zero-order valence-electron chi connectivity index (χ0n) is 10.8. The van der Waals surface area contributed by atoms with Crippen molar-refractivity contribution in [1.82, 2.24) is 9.80 Å². The zero-order chi connectivity index (χ0) is 13.1. The fourth-order valence-electron chi connectivity index (χ4n) is 1.76. The van der Waals surface area contributed by atoms with Crippen molar-refractivity contribution in [3.63, 3.8) is 0 Å². The van der Waals surface area contributed by atoms with E-state index in [4.69, 9.17) is 0 Å². The average molecular weight is 236 g/mol. The van der Waals surface area contributed by atoms with Gasteiger partial charge in [0.1, 0.15) is 5.60 Å². The van der Waals surface area contributed by atoms with Gasteiger partial charge in [-0.05, 0) is 12.5 Å². The molecule has 0 aliphatic heterocycles. The van der Waals surface area contributed by atoms with E-state index in [1.807, 2.05) is 30.3 Å². The van der Waals surface area contributed by atoms with Crippen LogP contribution in [0.1, 0.15) is 12.5 Å². The van der Waals surface area contributed by atoms with E-state index in [-0.39, 0.29) is 12.6 Å². The molecule has 1 aromatic rings. The SMILES string of the molecule is CN(C)C(=O)N(C)CC(C)(O)c1ccccc1. The molecule has 4 heteroatoms. The number of urea groups is 1. The fourth-order valence-corrected chi connectivity index (χ4v) is 1.76. The van der Waals surface area contributed by atoms with Gasteiger partial charge < -0.3 is 14.9 Å². The summed E-state index contributed by atoms with van der Waals surface area (Å²) in [5, 5.41) is 10.4. The molecule has 2 amide bonds. The summed E-state index contributed by atoms with van der Waals surface area (Å²) in [5.74, 6) is 0. The number of aliphatic hydroxyl groups is 1. The zero-order valence-corrected chi connectivity index (χ0v) is 10.8. The second-order valence-electron chi connectivity index (χ2n) is 4.67. The van der Waals surface area contributed by atoms with Gasteiger partial charge in [-0.15, -0.1) is 0 Å². The highest BCUT2D eigenvalue weighted by Gasteiger charge is 2.27. The van der Waals surface area contributed by atoms with Crippen LogP contribution in [0, 0.1) is 0 Å². The molecule has 1 unspecified atom stereocenters. The van der Waals surface area contributed by atoms with Gasteiger partial charge in [0.2, 0.25) is 0 Å². The first-order valence-corrected chi connectivity index (χ1v) is 5.55. The lowest BCUT2D eigenvalue weighted by molar-refractivity contribution is 0.0291. The molecule has 0 saturated carbocycles. The van der Waals surface area contributed by atoms with Crippen molar-refractivity contribution in [2.45, 2.75) is 12.5 Å². The first kappa shape index (κ1) is 13.5. The summed E-state index contributed by atoms with van der Waals surface area (Å²) < 4.78 is 0. The predicted molar refractivity (Wildman–Crippen MR) is 67.7 cm³/mol. The van der Waals surface area contributed by atoms with Gasteiger partial charge in [-0.3, -0.25) is 0 Å². The van der Waals surface area contributed by atoms with Gasteiger partial charge in [0.15, 0.2) is 0 Å². The van der Waals surface area contributed by atoms with Crippen molar-refractivity contribution >= 4 is 6.03 Å². The van der Waals surface area contributed by atoms with Crippen molar-refractivity contribution in [3.05, 3.63) is 35.9 Å². The van der Waals surface area contributed by atoms with Crippen LogP contribution in [0.3, 0.4) is 0 Å². The van der Waals surface area contributed by atoms with Gasteiger partial charge in [0, 0.05) is 21.1 Å². The molecule has 0 fully saturated rings. The monoisotopic (exact) mass is 236 g/mol. The Bertz CT molecular complexity index is 374. The van der Waals surface area contributed by atoms with Crippen LogP contribution in [0.15, 0.2) is 30.3 Å². The van der Waals surface area contributed by atoms with E-state index in [1.165, 1.54) is 9.80 Å². The third kappa shape index (κ3) is 3.46. The van der Waals surface area contributed by atoms with Gasteiger partial charge in [0.05, 0.1) is 6.54 Å². The second-order valence-corrected chi connectivity index (χ2v) is 4.67. The maximum atomic E-state index is 11.7. The van der Waals surface area contributed by atoms with E-state index in [1.54, 1.807) is 28.1 Å². The normalized spacial score (nSPS) is 13.9. The Balaban J connectivity index is 2.77. The van der Waals surface area contributed by atoms with Crippen molar-refractivity contribution in [2.24, 2.45) is 0 Å². The van der Waals surface area contributed by atoms with Gasteiger partial charge >= 0.3 is 6.03 Å². The van der Waals surface area contributed by atoms with Crippen molar-refractivity contribution < 1.29 is 9.90 Å². The summed E-state index contributed by atoms with van der Waals surface area (Å²) in [7, 11) is 5.06. The lowest BCUT2D eigenvalue weighted by Gasteiger charge is -2.31. The topological polar surface area (TPSA) is 43.8 Å². The number of likely N-dealkylation sites (N-methyl/N-ethyl adjacent to an activating group) is 1. The number of carbonyl (C=O) groups excluding carboxylic acids is 1. The van der Waals surface area contributed by atoms with Crippen molar-refractivity contribution in [1.29, 1.82) is 0 Å². The fraction of sp³-hybridized carbons (Fsp3) is 0.462. The van der Waals surface area contributed by atoms with Crippen LogP contribution >= 0.6 is 0 Å². The van der Waals surface area contributed by atoms with E-state index in [0.717, 1.165) is 5.56 Å². The maximum absolute atomic E-state index is 11.7. The highest BCUT2D eigenvalue weighted by atomic mass is 16.3. The number of hydrogen-bond donors (Lipinski definition) is 1. The molecule has 0 spiro atoms. The minimum Gasteiger partial charge on any atom is -0.384 e. The molecule has 0 saturated heterocycles. The Morgan fingerprint density at radius 1 is 1.24 bits per heavy atom. The van der Waals surface area contributed by atoms with Crippen LogP contribution < -0.4 is 0 Å². The minimum atomic E-state index is -1.04. The number of amides is 2. The summed E-state index contributed by atoms with van der Waals surface area (Å²) in [6, 6.07) is 9.23. The van der Waals surface area contributed by atoms with Crippen LogP contribution in [0.5, 0.6) is 0 Å². The third-order valence-corrected chi connectivity index (χ3v) is 2.65. The summed E-state index contributed by atoms with van der Waals surface area (Å²) in [4.78, 5) is 14.7. The smallest absolute Gasteiger partial charge is 0.319 e. The Labute approximate surface area is 102 Å². The van der Waals surface area contributed by atoms with E-state index in [0.29, 0.717) is 0 Å². The lowest BCUT2D eigenvalue weighted by atomic mass is 9.96. The van der Waals surface area contributed by atoms with Gasteiger partial charge in [-0.2, -0.15) is 0 Å². The molecule has 0 bridgehead atoms. The maximum Gasteiger partial charge on any atom is 0.319 e. The molecule has 0 aromatic heterocycles. The summed E-state index contributed by atoms with van der Waals surface area (Å²) in [6.07, 6.45) is 0. The molecule has 0 aliphatic carbocycles. The van der Waals surface area contributed by atoms with Crippen LogP contribution in [0.4, 0.5) is 4.79 Å². The molecular weight excluding hydrogens is 216 g/mol. The van der Waals surface area contributed by atoms with Crippen LogP contribution in [0.25, 0.3) is 0 Å². The largest absolute Gasteiger partial charge is 0.384 e. The van der Waals surface area contributed by atoms with E-state index in [2.05, 4.69) is 0 Å². The summed E-state index contributed by atoms with van der Waals surface area (Å²) in [5.41, 5.74) is -0.236. The molecule has 1 aromatic carbocycles. The molecule has 1 N–H and O–H groups in total. The van der Waals surface area contributed by atoms with Crippen LogP contribution in [-0.4, -0.2) is 48.6 Å². The molecule has 1 rings (SSSR count). The second kappa shape index (κ2) is 5.19. The molecule has 4 nitrogen and oxygen atoms in total. The van der Waals surface area contributed by atoms with Crippen LogP contribution in [0.2, 0.25) is 0 Å². The van der Waals surface area contributed by atoms with E-state index in [9.17, 15) is 9.90 Å². The Morgan fingerprint density at radius 2 is 1.76 bits per heavy atom. The minimum absolute atomic E-state index is 0.124. The molecule has 0 heterocycles. The Kier molecular flexibility index (Phi) is 4.12.